The lowest BCUT2D eigenvalue weighted by Gasteiger charge is -2.54. The summed E-state index contributed by atoms with van der Waals surface area (Å²) >= 11 is 0. The number of pyridine rings is 2. The van der Waals surface area contributed by atoms with E-state index in [1.807, 2.05) is 19.2 Å². The number of methoxy groups -OCH3 is 1. The molecule has 10 nitrogen and oxygen atoms in total. The number of rotatable bonds is 7. The quantitative estimate of drug-likeness (QED) is 0.423. The molecule has 0 amide bonds. The number of hydrogen-bond donors (Lipinski definition) is 1. The van der Waals surface area contributed by atoms with E-state index in [0.717, 1.165) is 41.4 Å². The van der Waals surface area contributed by atoms with Crippen molar-refractivity contribution < 1.29 is 9.47 Å². The van der Waals surface area contributed by atoms with E-state index in [2.05, 4.69) is 43.5 Å². The van der Waals surface area contributed by atoms with Gasteiger partial charge in [-0.3, -0.25) is 0 Å². The SMILES string of the molecule is CCOc1cc(-c2ccc(N3C[C@H]4C[C@@H](C3)[C@@H]4Nc3cnc(OC)cn3)nc2)c2c(C#N)cnn2c1. The summed E-state index contributed by atoms with van der Waals surface area (Å²) in [5.74, 6) is 4.01. The minimum atomic E-state index is 0.393. The number of fused-ring (bicyclic) bond motifs is 3. The maximum atomic E-state index is 9.57. The van der Waals surface area contributed by atoms with Gasteiger partial charge in [0.1, 0.15) is 23.5 Å². The van der Waals surface area contributed by atoms with E-state index in [9.17, 15) is 5.26 Å². The van der Waals surface area contributed by atoms with E-state index >= 15 is 0 Å². The average molecular weight is 483 g/mol. The van der Waals surface area contributed by atoms with Gasteiger partial charge in [0.2, 0.25) is 5.88 Å². The Hall–Kier alpha value is -4.39. The molecule has 3 aliphatic rings. The van der Waals surface area contributed by atoms with Crippen LogP contribution in [0, 0.1) is 23.2 Å². The van der Waals surface area contributed by atoms with Crippen LogP contribution in [0.25, 0.3) is 16.6 Å². The normalized spacial score (nSPS) is 20.5. The van der Waals surface area contributed by atoms with Crippen molar-refractivity contribution in [3.8, 4) is 28.8 Å². The summed E-state index contributed by atoms with van der Waals surface area (Å²) < 4.78 is 12.5. The number of aromatic nitrogens is 5. The molecular weight excluding hydrogens is 456 g/mol. The molecule has 3 fully saturated rings. The van der Waals surface area contributed by atoms with Crippen LogP contribution in [0.5, 0.6) is 11.6 Å². The first kappa shape index (κ1) is 22.1. The molecule has 7 rings (SSSR count). The van der Waals surface area contributed by atoms with E-state index < -0.39 is 0 Å². The second kappa shape index (κ2) is 9.00. The molecule has 4 aromatic rings. The molecule has 10 heteroatoms. The molecule has 0 spiro atoms. The lowest BCUT2D eigenvalue weighted by atomic mass is 9.66. The van der Waals surface area contributed by atoms with Crippen LogP contribution in [-0.2, 0) is 0 Å². The first-order valence-corrected chi connectivity index (χ1v) is 12.0. The molecule has 2 saturated heterocycles. The molecule has 1 aliphatic carbocycles. The van der Waals surface area contributed by atoms with Crippen molar-refractivity contribution in [1.82, 2.24) is 24.6 Å². The van der Waals surface area contributed by atoms with Crippen molar-refractivity contribution in [2.75, 3.05) is 37.0 Å². The van der Waals surface area contributed by atoms with Gasteiger partial charge >= 0.3 is 0 Å². The largest absolute Gasteiger partial charge is 0.492 e. The number of nitriles is 1. The Kier molecular flexibility index (Phi) is 5.52. The van der Waals surface area contributed by atoms with Gasteiger partial charge < -0.3 is 19.7 Å². The standard InChI is InChI=1S/C26H26N8O2/c1-3-36-20-7-21(26-19(8-27)10-31-34(26)15-20)16-4-5-23(29-9-16)33-13-17-6-18(14-33)25(17)32-22-11-30-24(35-2)12-28-22/h4-5,7,9-12,15,17-18,25H,3,6,13-14H2,1-2H3,(H,28,32)/t17-,18+,25-. The van der Waals surface area contributed by atoms with Crippen LogP contribution in [0.1, 0.15) is 18.9 Å². The Labute approximate surface area is 208 Å². The lowest BCUT2D eigenvalue weighted by molar-refractivity contribution is 0.130. The van der Waals surface area contributed by atoms with Crippen LogP contribution in [0.15, 0.2) is 49.2 Å². The van der Waals surface area contributed by atoms with Crippen LogP contribution in [-0.4, -0.2) is 57.4 Å². The second-order valence-electron chi connectivity index (χ2n) is 9.17. The molecule has 6 heterocycles. The molecule has 36 heavy (non-hydrogen) atoms. The third kappa shape index (κ3) is 3.82. The van der Waals surface area contributed by atoms with E-state index in [-0.39, 0.29) is 0 Å². The number of nitrogens with zero attached hydrogens (tertiary/aromatic N) is 7. The van der Waals surface area contributed by atoms with Gasteiger partial charge in [0, 0.05) is 36.5 Å². The summed E-state index contributed by atoms with van der Waals surface area (Å²) in [4.78, 5) is 15.8. The highest BCUT2D eigenvalue weighted by atomic mass is 16.5. The van der Waals surface area contributed by atoms with Gasteiger partial charge in [0.25, 0.3) is 0 Å². The van der Waals surface area contributed by atoms with Crippen molar-refractivity contribution in [3.05, 3.63) is 54.7 Å². The van der Waals surface area contributed by atoms with Crippen molar-refractivity contribution >= 4 is 17.2 Å². The smallest absolute Gasteiger partial charge is 0.232 e. The zero-order valence-corrected chi connectivity index (χ0v) is 20.1. The first-order chi connectivity index (χ1) is 17.7. The Morgan fingerprint density at radius 1 is 1.11 bits per heavy atom. The van der Waals surface area contributed by atoms with Gasteiger partial charge in [-0.1, -0.05) is 0 Å². The number of piperidine rings is 2. The van der Waals surface area contributed by atoms with Crippen molar-refractivity contribution in [2.45, 2.75) is 19.4 Å². The molecule has 0 radical (unpaired) electrons. The summed E-state index contributed by atoms with van der Waals surface area (Å²) in [6.07, 6.45) is 9.82. The van der Waals surface area contributed by atoms with Crippen LogP contribution < -0.4 is 19.7 Å². The summed E-state index contributed by atoms with van der Waals surface area (Å²) in [6.45, 7) is 4.37. The zero-order chi connectivity index (χ0) is 24.6. The Morgan fingerprint density at radius 3 is 2.64 bits per heavy atom. The van der Waals surface area contributed by atoms with Crippen LogP contribution in [0.2, 0.25) is 0 Å². The van der Waals surface area contributed by atoms with E-state index in [4.69, 9.17) is 14.5 Å². The summed E-state index contributed by atoms with van der Waals surface area (Å²) in [7, 11) is 1.59. The predicted molar refractivity (Wildman–Crippen MR) is 134 cm³/mol. The highest BCUT2D eigenvalue weighted by molar-refractivity contribution is 5.85. The molecular formula is C26H26N8O2. The van der Waals surface area contributed by atoms with E-state index in [0.29, 0.717) is 41.7 Å². The lowest BCUT2D eigenvalue weighted by Crippen LogP contribution is -2.61. The van der Waals surface area contributed by atoms with Crippen LogP contribution >= 0.6 is 0 Å². The monoisotopic (exact) mass is 482 g/mol. The molecule has 182 valence electrons. The number of ether oxygens (including phenoxy) is 2. The Bertz CT molecular complexity index is 1420. The minimum Gasteiger partial charge on any atom is -0.492 e. The molecule has 1 saturated carbocycles. The van der Waals surface area contributed by atoms with Crippen LogP contribution in [0.3, 0.4) is 0 Å². The Balaban J connectivity index is 1.19. The fourth-order valence-electron chi connectivity index (χ4n) is 5.35. The van der Waals surface area contributed by atoms with E-state index in [1.54, 1.807) is 36.4 Å². The molecule has 1 N–H and O–H groups in total. The van der Waals surface area contributed by atoms with Gasteiger partial charge in [-0.2, -0.15) is 10.4 Å². The number of nitrogens with one attached hydrogen (secondary N) is 1. The molecule has 2 aliphatic heterocycles. The second-order valence-corrected chi connectivity index (χ2v) is 9.17. The summed E-state index contributed by atoms with van der Waals surface area (Å²) in [5, 5.41) is 17.5. The zero-order valence-electron chi connectivity index (χ0n) is 20.1. The summed E-state index contributed by atoms with van der Waals surface area (Å²) in [5.41, 5.74) is 3.07. The van der Waals surface area contributed by atoms with Gasteiger partial charge in [-0.05, 0) is 43.4 Å². The topological polar surface area (TPSA) is 113 Å². The maximum absolute atomic E-state index is 9.57. The van der Waals surface area contributed by atoms with E-state index in [1.165, 1.54) is 6.42 Å². The summed E-state index contributed by atoms with van der Waals surface area (Å²) in [6, 6.07) is 8.70. The third-order valence-electron chi connectivity index (χ3n) is 7.08. The maximum Gasteiger partial charge on any atom is 0.232 e. The highest BCUT2D eigenvalue weighted by Crippen LogP contribution is 2.43. The molecule has 4 aromatic heterocycles. The molecule has 0 aromatic carbocycles. The van der Waals surface area contributed by atoms with Crippen molar-refractivity contribution in [1.29, 1.82) is 5.26 Å². The minimum absolute atomic E-state index is 0.393. The molecule has 2 bridgehead atoms. The number of anilines is 2. The molecule has 0 unspecified atom stereocenters. The van der Waals surface area contributed by atoms with Crippen molar-refractivity contribution in [2.24, 2.45) is 11.8 Å². The fraction of sp³-hybridized carbons (Fsp3) is 0.346. The van der Waals surface area contributed by atoms with Crippen LogP contribution in [0.4, 0.5) is 11.6 Å². The fourth-order valence-corrected chi connectivity index (χ4v) is 5.35. The van der Waals surface area contributed by atoms with Gasteiger partial charge in [-0.15, -0.1) is 0 Å². The Morgan fingerprint density at radius 2 is 1.97 bits per heavy atom. The van der Waals surface area contributed by atoms with Gasteiger partial charge in [-0.25, -0.2) is 19.5 Å². The third-order valence-corrected chi connectivity index (χ3v) is 7.08. The highest BCUT2D eigenvalue weighted by Gasteiger charge is 2.47. The van der Waals surface area contributed by atoms with Gasteiger partial charge in [0.15, 0.2) is 0 Å². The number of hydrogen-bond acceptors (Lipinski definition) is 9. The molecule has 3 atom stereocenters. The van der Waals surface area contributed by atoms with Crippen molar-refractivity contribution in [3.63, 3.8) is 0 Å². The first-order valence-electron chi connectivity index (χ1n) is 12.0. The predicted octanol–water partition coefficient (Wildman–Crippen LogP) is 3.40. The van der Waals surface area contributed by atoms with Gasteiger partial charge in [0.05, 0.1) is 49.6 Å². The average Bonchev–Trinajstić information content (AvgIpc) is 3.35.